The number of ketones is 1. The lowest BCUT2D eigenvalue weighted by molar-refractivity contribution is -0.384. The number of phenolic OH excluding ortho intramolecular Hbond substituents is 1. The molecular formula is C23H16N2O6. The highest BCUT2D eigenvalue weighted by Crippen LogP contribution is 2.44. The molecule has 4 rings (SSSR count). The molecule has 0 bridgehead atoms. The van der Waals surface area contributed by atoms with Crippen molar-refractivity contribution in [3.05, 3.63) is 106 Å². The number of aliphatic hydroxyl groups excluding tert-OH is 1. The van der Waals surface area contributed by atoms with Gasteiger partial charge in [0.1, 0.15) is 11.5 Å². The van der Waals surface area contributed by atoms with Gasteiger partial charge in [-0.25, -0.2) is 0 Å². The quantitative estimate of drug-likeness (QED) is 0.219. The van der Waals surface area contributed by atoms with Gasteiger partial charge in [0.15, 0.2) is 0 Å². The average Bonchev–Trinajstić information content (AvgIpc) is 3.05. The minimum absolute atomic E-state index is 0.0834. The van der Waals surface area contributed by atoms with Crippen LogP contribution in [0.4, 0.5) is 11.4 Å². The van der Waals surface area contributed by atoms with Crippen molar-refractivity contribution >= 4 is 28.8 Å². The number of carbonyl (C=O) groups excluding carboxylic acids is 2. The van der Waals surface area contributed by atoms with Crippen molar-refractivity contribution in [2.75, 3.05) is 4.90 Å². The number of aliphatic hydroxyl groups is 1. The van der Waals surface area contributed by atoms with Crippen LogP contribution in [0.1, 0.15) is 17.2 Å². The molecule has 1 fully saturated rings. The van der Waals surface area contributed by atoms with Crippen molar-refractivity contribution in [2.45, 2.75) is 6.04 Å². The van der Waals surface area contributed by atoms with Crippen LogP contribution in [0.3, 0.4) is 0 Å². The zero-order chi connectivity index (χ0) is 22.1. The van der Waals surface area contributed by atoms with Crippen molar-refractivity contribution in [2.24, 2.45) is 0 Å². The lowest BCUT2D eigenvalue weighted by Crippen LogP contribution is -2.29. The van der Waals surface area contributed by atoms with E-state index in [0.717, 1.165) is 4.90 Å². The highest BCUT2D eigenvalue weighted by Gasteiger charge is 2.47. The number of nitro groups is 1. The van der Waals surface area contributed by atoms with Gasteiger partial charge in [-0.2, -0.15) is 0 Å². The van der Waals surface area contributed by atoms with Crippen LogP contribution in [0.5, 0.6) is 5.75 Å². The highest BCUT2D eigenvalue weighted by molar-refractivity contribution is 6.51. The molecule has 1 amide bonds. The molecule has 1 saturated heterocycles. The number of Topliss-reactive ketones (excluding diaryl/α,β-unsaturated/α-hetero) is 1. The lowest BCUT2D eigenvalue weighted by atomic mass is 9.95. The first-order valence-corrected chi connectivity index (χ1v) is 9.29. The molecule has 2 N–H and O–H groups in total. The highest BCUT2D eigenvalue weighted by atomic mass is 16.6. The minimum Gasteiger partial charge on any atom is -0.507 e. The van der Waals surface area contributed by atoms with Crippen LogP contribution in [-0.2, 0) is 9.59 Å². The number of nitrogens with zero attached hydrogens (tertiary/aromatic N) is 2. The Morgan fingerprint density at radius 1 is 0.903 bits per heavy atom. The van der Waals surface area contributed by atoms with E-state index >= 15 is 0 Å². The minimum atomic E-state index is -1.09. The molecule has 8 heteroatoms. The summed E-state index contributed by atoms with van der Waals surface area (Å²) in [4.78, 5) is 37.5. The second-order valence-corrected chi connectivity index (χ2v) is 6.87. The molecule has 1 atom stereocenters. The number of nitro benzene ring substituents is 1. The van der Waals surface area contributed by atoms with Crippen LogP contribution in [0.25, 0.3) is 5.76 Å². The number of anilines is 1. The van der Waals surface area contributed by atoms with Crippen LogP contribution in [-0.4, -0.2) is 26.8 Å². The van der Waals surface area contributed by atoms with Gasteiger partial charge in [0.25, 0.3) is 17.4 Å². The summed E-state index contributed by atoms with van der Waals surface area (Å²) in [5, 5.41) is 32.3. The van der Waals surface area contributed by atoms with Crippen molar-refractivity contribution in [1.82, 2.24) is 0 Å². The fourth-order valence-electron chi connectivity index (χ4n) is 3.59. The molecule has 3 aromatic rings. The third-order valence-electron chi connectivity index (χ3n) is 5.05. The number of rotatable bonds is 4. The predicted molar refractivity (Wildman–Crippen MR) is 112 cm³/mol. The van der Waals surface area contributed by atoms with E-state index in [4.69, 9.17) is 0 Å². The molecule has 1 aliphatic heterocycles. The van der Waals surface area contributed by atoms with Gasteiger partial charge in [-0.3, -0.25) is 24.6 Å². The zero-order valence-electron chi connectivity index (χ0n) is 16.0. The van der Waals surface area contributed by atoms with Gasteiger partial charge in [-0.15, -0.1) is 0 Å². The summed E-state index contributed by atoms with van der Waals surface area (Å²) in [5.74, 6) is -2.45. The summed E-state index contributed by atoms with van der Waals surface area (Å²) >= 11 is 0. The van der Waals surface area contributed by atoms with E-state index in [1.54, 1.807) is 42.5 Å². The van der Waals surface area contributed by atoms with E-state index in [1.807, 2.05) is 0 Å². The normalized spacial score (nSPS) is 17.7. The number of benzene rings is 3. The maximum absolute atomic E-state index is 13.0. The second kappa shape index (κ2) is 7.75. The number of carbonyl (C=O) groups is 2. The molecule has 1 unspecified atom stereocenters. The van der Waals surface area contributed by atoms with Crippen molar-refractivity contribution in [3.63, 3.8) is 0 Å². The fourth-order valence-corrected chi connectivity index (χ4v) is 3.59. The van der Waals surface area contributed by atoms with Gasteiger partial charge in [-0.05, 0) is 29.8 Å². The summed E-state index contributed by atoms with van der Waals surface area (Å²) in [6.07, 6.45) is 0. The molecule has 31 heavy (non-hydrogen) atoms. The van der Waals surface area contributed by atoms with Gasteiger partial charge in [0.05, 0.1) is 22.2 Å². The molecule has 0 spiro atoms. The molecule has 154 valence electrons. The predicted octanol–water partition coefficient (Wildman–Crippen LogP) is 3.93. The number of amides is 1. The van der Waals surface area contributed by atoms with E-state index < -0.39 is 22.7 Å². The summed E-state index contributed by atoms with van der Waals surface area (Å²) in [7, 11) is 0. The van der Waals surface area contributed by atoms with Gasteiger partial charge >= 0.3 is 0 Å². The Morgan fingerprint density at radius 2 is 1.52 bits per heavy atom. The molecule has 0 radical (unpaired) electrons. The molecule has 8 nitrogen and oxygen atoms in total. The van der Waals surface area contributed by atoms with Crippen LogP contribution < -0.4 is 4.90 Å². The Kier molecular flexibility index (Phi) is 4.96. The standard InChI is InChI=1S/C23H16N2O6/c26-18-9-5-4-8-17(18)24-20(14-10-12-16(13-11-14)25(30)31)19(22(28)23(24)29)21(27)15-6-2-1-3-7-15/h1-13,20,26-27H. The molecule has 0 aliphatic carbocycles. The first-order chi connectivity index (χ1) is 14.9. The van der Waals surface area contributed by atoms with Crippen LogP contribution >= 0.6 is 0 Å². The van der Waals surface area contributed by atoms with Crippen LogP contribution in [0.2, 0.25) is 0 Å². The van der Waals surface area contributed by atoms with Crippen molar-refractivity contribution in [1.29, 1.82) is 0 Å². The molecular weight excluding hydrogens is 400 g/mol. The monoisotopic (exact) mass is 416 g/mol. The maximum Gasteiger partial charge on any atom is 0.300 e. The van der Waals surface area contributed by atoms with E-state index in [1.165, 1.54) is 36.4 Å². The fraction of sp³-hybridized carbons (Fsp3) is 0.0435. The maximum atomic E-state index is 13.0. The average molecular weight is 416 g/mol. The van der Waals surface area contributed by atoms with Gasteiger partial charge in [0.2, 0.25) is 0 Å². The summed E-state index contributed by atoms with van der Waals surface area (Å²) < 4.78 is 0. The Balaban J connectivity index is 1.96. The van der Waals surface area contributed by atoms with Crippen LogP contribution in [0.15, 0.2) is 84.4 Å². The zero-order valence-corrected chi connectivity index (χ0v) is 16.0. The lowest BCUT2D eigenvalue weighted by Gasteiger charge is -2.25. The molecule has 3 aromatic carbocycles. The van der Waals surface area contributed by atoms with E-state index in [-0.39, 0.29) is 28.5 Å². The smallest absolute Gasteiger partial charge is 0.300 e. The van der Waals surface area contributed by atoms with E-state index in [0.29, 0.717) is 11.1 Å². The van der Waals surface area contributed by atoms with Crippen molar-refractivity contribution < 1.29 is 24.7 Å². The van der Waals surface area contributed by atoms with Gasteiger partial charge in [0, 0.05) is 17.7 Å². The molecule has 1 aliphatic rings. The van der Waals surface area contributed by atoms with Gasteiger partial charge in [-0.1, -0.05) is 42.5 Å². The third kappa shape index (κ3) is 3.40. The van der Waals surface area contributed by atoms with Gasteiger partial charge < -0.3 is 10.2 Å². The largest absolute Gasteiger partial charge is 0.507 e. The van der Waals surface area contributed by atoms with Crippen molar-refractivity contribution in [3.8, 4) is 5.75 Å². The Labute approximate surface area is 176 Å². The Morgan fingerprint density at radius 3 is 2.13 bits per heavy atom. The summed E-state index contributed by atoms with van der Waals surface area (Å²) in [6.45, 7) is 0. The van der Waals surface area contributed by atoms with E-state index in [2.05, 4.69) is 0 Å². The summed E-state index contributed by atoms with van der Waals surface area (Å²) in [6, 6.07) is 18.5. The number of aromatic hydroxyl groups is 1. The molecule has 1 heterocycles. The third-order valence-corrected chi connectivity index (χ3v) is 5.05. The Bertz CT molecular complexity index is 1220. The number of para-hydroxylation sites is 2. The number of phenols is 1. The van der Waals surface area contributed by atoms with E-state index in [9.17, 15) is 29.9 Å². The second-order valence-electron chi connectivity index (χ2n) is 6.87. The van der Waals surface area contributed by atoms with Crippen LogP contribution in [0, 0.1) is 10.1 Å². The number of non-ortho nitro benzene ring substituents is 1. The molecule has 0 saturated carbocycles. The topological polar surface area (TPSA) is 121 Å². The Hall–Kier alpha value is -4.46. The number of hydrogen-bond acceptors (Lipinski definition) is 6. The first kappa shape index (κ1) is 19.8. The summed E-state index contributed by atoms with van der Waals surface area (Å²) in [5.41, 5.74) is 0.454. The molecule has 0 aromatic heterocycles. The first-order valence-electron chi connectivity index (χ1n) is 9.29. The number of hydrogen-bond donors (Lipinski definition) is 2. The SMILES string of the molecule is O=C1C(=O)N(c2ccccc2O)C(c2ccc([N+](=O)[O-])cc2)C1=C(O)c1ccccc1.